The molecule has 3 aromatic rings. The van der Waals surface area contributed by atoms with Crippen LogP contribution in [0.15, 0.2) is 66.7 Å². The zero-order valence-electron chi connectivity index (χ0n) is 21.0. The van der Waals surface area contributed by atoms with E-state index in [1.54, 1.807) is 29.2 Å². The van der Waals surface area contributed by atoms with Crippen molar-refractivity contribution in [2.45, 2.75) is 43.7 Å². The zero-order chi connectivity index (χ0) is 27.4. The Kier molecular flexibility index (Phi) is 8.06. The van der Waals surface area contributed by atoms with Crippen LogP contribution in [-0.2, 0) is 10.2 Å². The number of aliphatic hydroxyl groups is 1. The summed E-state index contributed by atoms with van der Waals surface area (Å²) in [5.74, 6) is -1.83. The van der Waals surface area contributed by atoms with Crippen LogP contribution in [0.5, 0.6) is 0 Å². The van der Waals surface area contributed by atoms with Gasteiger partial charge in [-0.3, -0.25) is 4.79 Å². The molecule has 9 heteroatoms. The summed E-state index contributed by atoms with van der Waals surface area (Å²) in [5.41, 5.74) is 6.85. The summed E-state index contributed by atoms with van der Waals surface area (Å²) in [7, 11) is 0. The second-order valence-corrected chi connectivity index (χ2v) is 9.83. The summed E-state index contributed by atoms with van der Waals surface area (Å²) in [4.78, 5) is 26.3. The molecule has 0 bridgehead atoms. The van der Waals surface area contributed by atoms with Crippen LogP contribution >= 0.6 is 0 Å². The van der Waals surface area contributed by atoms with Crippen molar-refractivity contribution in [3.63, 3.8) is 0 Å². The standard InChI is InChI=1S/C29H30F3N3O3/c1-18(19-2-4-20(5-3-19)25-11-10-23(31)14-26(25)32)35-13-12-29(16-27(35)37,15-24(36)17-34-28(33)38)21-6-8-22(30)9-7-21/h2-11,14,18,24,36H,12-13,15-17H2,1H3,(H3,33,34,38)/t18-,24?,29+/m1/s1. The smallest absolute Gasteiger partial charge is 0.312 e. The summed E-state index contributed by atoms with van der Waals surface area (Å²) in [6, 6.07) is 15.4. The molecule has 3 atom stereocenters. The first-order chi connectivity index (χ1) is 18.1. The lowest BCUT2D eigenvalue weighted by molar-refractivity contribution is -0.139. The highest BCUT2D eigenvalue weighted by molar-refractivity contribution is 5.79. The first kappa shape index (κ1) is 27.2. The number of aliphatic hydroxyl groups excluding tert-OH is 1. The summed E-state index contributed by atoms with van der Waals surface area (Å²) in [5, 5.41) is 13.0. The van der Waals surface area contributed by atoms with Crippen molar-refractivity contribution < 1.29 is 27.9 Å². The van der Waals surface area contributed by atoms with Gasteiger partial charge in [0.15, 0.2) is 0 Å². The topological polar surface area (TPSA) is 95.7 Å². The van der Waals surface area contributed by atoms with E-state index in [2.05, 4.69) is 5.32 Å². The fourth-order valence-electron chi connectivity index (χ4n) is 5.28. The second-order valence-electron chi connectivity index (χ2n) is 9.83. The van der Waals surface area contributed by atoms with Crippen molar-refractivity contribution in [1.82, 2.24) is 10.2 Å². The maximum atomic E-state index is 14.2. The molecule has 0 spiro atoms. The number of piperidine rings is 1. The van der Waals surface area contributed by atoms with Gasteiger partial charge < -0.3 is 21.1 Å². The Morgan fingerprint density at radius 3 is 2.32 bits per heavy atom. The zero-order valence-corrected chi connectivity index (χ0v) is 21.0. The van der Waals surface area contributed by atoms with Crippen LogP contribution in [0.2, 0.25) is 0 Å². The third-order valence-corrected chi connectivity index (χ3v) is 7.34. The number of nitrogens with zero attached hydrogens (tertiary/aromatic N) is 1. The molecule has 3 amide bonds. The molecule has 200 valence electrons. The molecule has 3 aromatic carbocycles. The van der Waals surface area contributed by atoms with Crippen LogP contribution in [0.3, 0.4) is 0 Å². The van der Waals surface area contributed by atoms with Gasteiger partial charge in [-0.2, -0.15) is 0 Å². The Hall–Kier alpha value is -3.85. The third kappa shape index (κ3) is 5.99. The fourth-order valence-corrected chi connectivity index (χ4v) is 5.28. The summed E-state index contributed by atoms with van der Waals surface area (Å²) in [6.45, 7) is 2.23. The number of likely N-dealkylation sites (tertiary alicyclic amines) is 1. The van der Waals surface area contributed by atoms with E-state index < -0.39 is 35.0 Å². The van der Waals surface area contributed by atoms with Crippen molar-refractivity contribution in [3.05, 3.63) is 95.3 Å². The maximum Gasteiger partial charge on any atom is 0.312 e. The maximum absolute atomic E-state index is 14.2. The second kappa shape index (κ2) is 11.3. The van der Waals surface area contributed by atoms with Gasteiger partial charge in [0.2, 0.25) is 5.91 Å². The van der Waals surface area contributed by atoms with Gasteiger partial charge in [-0.15, -0.1) is 0 Å². The minimum atomic E-state index is -0.955. The highest BCUT2D eigenvalue weighted by Gasteiger charge is 2.43. The van der Waals surface area contributed by atoms with Crippen LogP contribution in [0.25, 0.3) is 11.1 Å². The van der Waals surface area contributed by atoms with Gasteiger partial charge in [0, 0.05) is 36.6 Å². The Bertz CT molecular complexity index is 1300. The molecule has 1 heterocycles. The molecule has 1 saturated heterocycles. The SMILES string of the molecule is C[C@H](c1ccc(-c2ccc(F)cc2F)cc1)N1CC[C@@](CC(O)CNC(N)=O)(c2ccc(F)cc2)CC1=O. The molecule has 1 unspecified atom stereocenters. The van der Waals surface area contributed by atoms with E-state index in [1.165, 1.54) is 24.3 Å². The lowest BCUT2D eigenvalue weighted by Crippen LogP contribution is -2.49. The average Bonchev–Trinajstić information content (AvgIpc) is 2.88. The minimum absolute atomic E-state index is 0.0619. The number of urea groups is 1. The van der Waals surface area contributed by atoms with E-state index in [0.29, 0.717) is 18.5 Å². The van der Waals surface area contributed by atoms with E-state index in [4.69, 9.17) is 5.73 Å². The van der Waals surface area contributed by atoms with Crippen molar-refractivity contribution in [2.75, 3.05) is 13.1 Å². The van der Waals surface area contributed by atoms with Gasteiger partial charge in [-0.05, 0) is 60.7 Å². The Balaban J connectivity index is 1.52. The van der Waals surface area contributed by atoms with Crippen molar-refractivity contribution >= 4 is 11.9 Å². The van der Waals surface area contributed by atoms with E-state index in [1.807, 2.05) is 19.1 Å². The first-order valence-electron chi connectivity index (χ1n) is 12.4. The van der Waals surface area contributed by atoms with Crippen LogP contribution in [0.1, 0.15) is 43.4 Å². The number of benzene rings is 3. The Morgan fingerprint density at radius 2 is 1.71 bits per heavy atom. The number of hydrogen-bond acceptors (Lipinski definition) is 3. The van der Waals surface area contributed by atoms with E-state index in [-0.39, 0.29) is 36.9 Å². The van der Waals surface area contributed by atoms with Gasteiger partial charge in [-0.25, -0.2) is 18.0 Å². The number of primary amides is 1. The number of nitrogens with one attached hydrogen (secondary N) is 1. The molecule has 38 heavy (non-hydrogen) atoms. The quantitative estimate of drug-likeness (QED) is 0.394. The number of carbonyl (C=O) groups excluding carboxylic acids is 2. The molecule has 0 radical (unpaired) electrons. The van der Waals surface area contributed by atoms with E-state index in [0.717, 1.165) is 17.2 Å². The minimum Gasteiger partial charge on any atom is -0.391 e. The van der Waals surface area contributed by atoms with Crippen molar-refractivity contribution in [3.8, 4) is 11.1 Å². The number of carbonyl (C=O) groups is 2. The fraction of sp³-hybridized carbons (Fsp3) is 0.310. The first-order valence-corrected chi connectivity index (χ1v) is 12.4. The third-order valence-electron chi connectivity index (χ3n) is 7.34. The number of amides is 3. The highest BCUT2D eigenvalue weighted by atomic mass is 19.1. The van der Waals surface area contributed by atoms with Gasteiger partial charge in [0.25, 0.3) is 0 Å². The molecular formula is C29H30F3N3O3. The molecule has 6 nitrogen and oxygen atoms in total. The van der Waals surface area contributed by atoms with E-state index >= 15 is 0 Å². The molecule has 0 aromatic heterocycles. The predicted octanol–water partition coefficient (Wildman–Crippen LogP) is 4.81. The molecule has 1 fully saturated rings. The average molecular weight is 526 g/mol. The van der Waals surface area contributed by atoms with Gasteiger partial charge in [0.1, 0.15) is 17.5 Å². The molecule has 4 rings (SSSR count). The lowest BCUT2D eigenvalue weighted by Gasteiger charge is -2.44. The molecule has 0 aliphatic carbocycles. The highest BCUT2D eigenvalue weighted by Crippen LogP contribution is 2.42. The van der Waals surface area contributed by atoms with Gasteiger partial charge in [0.05, 0.1) is 12.1 Å². The van der Waals surface area contributed by atoms with Crippen LogP contribution in [0.4, 0.5) is 18.0 Å². The van der Waals surface area contributed by atoms with Crippen molar-refractivity contribution in [2.24, 2.45) is 5.73 Å². The molecule has 0 saturated carbocycles. The summed E-state index contributed by atoms with van der Waals surface area (Å²) >= 11 is 0. The van der Waals surface area contributed by atoms with Gasteiger partial charge >= 0.3 is 6.03 Å². The number of nitrogens with two attached hydrogens (primary N) is 1. The van der Waals surface area contributed by atoms with Crippen LogP contribution in [0, 0.1) is 17.5 Å². The number of hydrogen-bond donors (Lipinski definition) is 3. The monoisotopic (exact) mass is 525 g/mol. The molecule has 1 aliphatic rings. The molecular weight excluding hydrogens is 495 g/mol. The summed E-state index contributed by atoms with van der Waals surface area (Å²) < 4.78 is 41.1. The predicted molar refractivity (Wildman–Crippen MR) is 137 cm³/mol. The Labute approximate surface area is 219 Å². The van der Waals surface area contributed by atoms with Crippen molar-refractivity contribution in [1.29, 1.82) is 0 Å². The number of rotatable bonds is 8. The van der Waals surface area contributed by atoms with Crippen LogP contribution in [-0.4, -0.2) is 41.1 Å². The largest absolute Gasteiger partial charge is 0.391 e. The van der Waals surface area contributed by atoms with Crippen LogP contribution < -0.4 is 11.1 Å². The van der Waals surface area contributed by atoms with E-state index in [9.17, 15) is 27.9 Å². The Morgan fingerprint density at radius 1 is 1.05 bits per heavy atom. The normalized spacial score (nSPS) is 19.2. The summed E-state index contributed by atoms with van der Waals surface area (Å²) in [6.07, 6.45) is -0.162. The molecule has 1 aliphatic heterocycles. The lowest BCUT2D eigenvalue weighted by atomic mass is 9.68. The number of halogens is 3. The molecule has 4 N–H and O–H groups in total. The van der Waals surface area contributed by atoms with Gasteiger partial charge in [-0.1, -0.05) is 36.4 Å².